The Morgan fingerprint density at radius 3 is 2.61 bits per heavy atom. The number of nitrogens with one attached hydrogen (secondary N) is 2. The minimum atomic E-state index is -4.69. The van der Waals surface area contributed by atoms with Crippen LogP contribution < -0.4 is 15.4 Å². The van der Waals surface area contributed by atoms with Gasteiger partial charge in [0, 0.05) is 18.4 Å². The predicted octanol–water partition coefficient (Wildman–Crippen LogP) is 3.09. The first-order chi connectivity index (χ1) is 13.0. The molecule has 0 saturated carbocycles. The normalized spacial score (nSPS) is 16.7. The van der Waals surface area contributed by atoms with Crippen molar-refractivity contribution in [1.29, 1.82) is 0 Å². The topological polar surface area (TPSA) is 72.4 Å². The fraction of sp³-hybridized carbons (Fsp3) is 0.333. The quantitative estimate of drug-likeness (QED) is 0.763. The van der Waals surface area contributed by atoms with E-state index in [0.29, 0.717) is 11.3 Å². The van der Waals surface area contributed by atoms with Gasteiger partial charge in [0.15, 0.2) is 17.5 Å². The van der Waals surface area contributed by atoms with Crippen molar-refractivity contribution in [2.24, 2.45) is 7.05 Å². The van der Waals surface area contributed by atoms with Crippen molar-refractivity contribution in [3.05, 3.63) is 46.5 Å². The van der Waals surface area contributed by atoms with Crippen molar-refractivity contribution in [3.8, 4) is 5.75 Å². The van der Waals surface area contributed by atoms with Gasteiger partial charge in [0.1, 0.15) is 18.0 Å². The van der Waals surface area contributed by atoms with Gasteiger partial charge in [0.2, 0.25) is 0 Å². The molecule has 2 amide bonds. The number of fused-ring (bicyclic) bond motifs is 1. The Bertz CT molecular complexity index is 966. The summed E-state index contributed by atoms with van der Waals surface area (Å²) >= 11 is 0. The summed E-state index contributed by atoms with van der Waals surface area (Å²) in [6, 6.07) is 1.75. The van der Waals surface area contributed by atoms with Gasteiger partial charge in [0.25, 0.3) is 11.8 Å². The summed E-state index contributed by atoms with van der Waals surface area (Å²) in [6.45, 7) is 2.16. The minimum absolute atomic E-state index is 0.104. The fourth-order valence-electron chi connectivity index (χ4n) is 2.96. The number of anilines is 1. The minimum Gasteiger partial charge on any atom is -0.488 e. The maximum Gasteiger partial charge on any atom is 0.411 e. The summed E-state index contributed by atoms with van der Waals surface area (Å²) in [5.74, 6) is -2.34. The molecule has 0 aliphatic carbocycles. The molecule has 2 heterocycles. The third-order valence-corrected chi connectivity index (χ3v) is 4.60. The summed E-state index contributed by atoms with van der Waals surface area (Å²) in [7, 11) is 1.49. The molecular weight excluding hydrogens is 382 g/mol. The third-order valence-electron chi connectivity index (χ3n) is 4.60. The number of halogens is 4. The average Bonchev–Trinajstić information content (AvgIpc) is 2.73. The van der Waals surface area contributed by atoms with E-state index < -0.39 is 36.5 Å². The van der Waals surface area contributed by atoms with Crippen molar-refractivity contribution < 1.29 is 31.9 Å². The molecule has 1 atom stereocenters. The standard InChI is InChI=1S/C18H17F4N3O3/c1-8-6-10(4-5-11(8)19)23-17(27)14-15-13(9(2)25(14)3)16(26)24-12(7-28-15)18(20,21)22/h4-6,12H,7H2,1-3H3,(H,23,27)(H,24,26). The second kappa shape index (κ2) is 6.84. The number of alkyl halides is 3. The Morgan fingerprint density at radius 2 is 2.00 bits per heavy atom. The summed E-state index contributed by atoms with van der Waals surface area (Å²) in [4.78, 5) is 25.1. The number of amides is 2. The number of aromatic nitrogens is 1. The monoisotopic (exact) mass is 399 g/mol. The molecule has 0 saturated heterocycles. The lowest BCUT2D eigenvalue weighted by atomic mass is 10.2. The Kier molecular flexibility index (Phi) is 4.82. The zero-order chi connectivity index (χ0) is 20.8. The van der Waals surface area contributed by atoms with Crippen molar-refractivity contribution >= 4 is 17.5 Å². The van der Waals surface area contributed by atoms with E-state index in [-0.39, 0.29) is 22.7 Å². The molecule has 0 fully saturated rings. The Balaban J connectivity index is 1.98. The van der Waals surface area contributed by atoms with Crippen LogP contribution in [0.5, 0.6) is 5.75 Å². The number of aryl methyl sites for hydroxylation is 1. The number of carbonyl (C=O) groups is 2. The molecule has 1 aliphatic heterocycles. The van der Waals surface area contributed by atoms with Gasteiger partial charge in [-0.3, -0.25) is 9.59 Å². The van der Waals surface area contributed by atoms with Gasteiger partial charge >= 0.3 is 6.18 Å². The lowest BCUT2D eigenvalue weighted by Crippen LogP contribution is -2.47. The van der Waals surface area contributed by atoms with E-state index in [1.54, 1.807) is 0 Å². The van der Waals surface area contributed by atoms with Gasteiger partial charge in [-0.1, -0.05) is 0 Å². The van der Waals surface area contributed by atoms with E-state index in [4.69, 9.17) is 4.74 Å². The van der Waals surface area contributed by atoms with E-state index in [1.165, 1.54) is 43.7 Å². The Labute approximate surface area is 157 Å². The highest BCUT2D eigenvalue weighted by Gasteiger charge is 2.45. The number of ether oxygens (including phenoxy) is 1. The second-order valence-corrected chi connectivity index (χ2v) is 6.49. The van der Waals surface area contributed by atoms with Crippen LogP contribution >= 0.6 is 0 Å². The maximum absolute atomic E-state index is 13.4. The first-order valence-corrected chi connectivity index (χ1v) is 8.28. The van der Waals surface area contributed by atoms with Crippen LogP contribution in [0.15, 0.2) is 18.2 Å². The molecule has 10 heteroatoms. The summed E-state index contributed by atoms with van der Waals surface area (Å²) in [5, 5.41) is 4.43. The van der Waals surface area contributed by atoms with Gasteiger partial charge in [-0.05, 0) is 37.6 Å². The van der Waals surface area contributed by atoms with Crippen LogP contribution in [0, 0.1) is 19.7 Å². The summed E-state index contributed by atoms with van der Waals surface area (Å²) in [6.07, 6.45) is -4.69. The van der Waals surface area contributed by atoms with Crippen LogP contribution in [-0.2, 0) is 7.05 Å². The van der Waals surface area contributed by atoms with Crippen LogP contribution in [0.3, 0.4) is 0 Å². The zero-order valence-corrected chi connectivity index (χ0v) is 15.2. The van der Waals surface area contributed by atoms with Gasteiger partial charge in [-0.15, -0.1) is 0 Å². The molecule has 1 aromatic carbocycles. The molecule has 0 spiro atoms. The molecule has 150 valence electrons. The lowest BCUT2D eigenvalue weighted by Gasteiger charge is -2.19. The second-order valence-electron chi connectivity index (χ2n) is 6.49. The Morgan fingerprint density at radius 1 is 1.32 bits per heavy atom. The molecule has 28 heavy (non-hydrogen) atoms. The maximum atomic E-state index is 13.4. The molecule has 0 radical (unpaired) electrons. The lowest BCUT2D eigenvalue weighted by molar-refractivity contribution is -0.158. The number of hydrogen-bond donors (Lipinski definition) is 2. The van der Waals surface area contributed by atoms with Gasteiger partial charge < -0.3 is 19.9 Å². The van der Waals surface area contributed by atoms with Crippen LogP contribution in [-0.4, -0.2) is 35.2 Å². The average molecular weight is 399 g/mol. The molecule has 1 unspecified atom stereocenters. The largest absolute Gasteiger partial charge is 0.488 e. The van der Waals surface area contributed by atoms with Gasteiger partial charge in [-0.2, -0.15) is 13.2 Å². The SMILES string of the molecule is Cc1cc(NC(=O)c2c3c(c(C)n2C)C(=O)NC(C(F)(F)F)CO3)ccc1F. The highest BCUT2D eigenvalue weighted by molar-refractivity contribution is 6.09. The fourth-order valence-corrected chi connectivity index (χ4v) is 2.96. The predicted molar refractivity (Wildman–Crippen MR) is 92.0 cm³/mol. The molecule has 2 aromatic rings. The van der Waals surface area contributed by atoms with Crippen molar-refractivity contribution in [2.45, 2.75) is 26.1 Å². The smallest absolute Gasteiger partial charge is 0.411 e. The first kappa shape index (κ1) is 19.7. The summed E-state index contributed by atoms with van der Waals surface area (Å²) < 4.78 is 59.0. The van der Waals surface area contributed by atoms with E-state index in [0.717, 1.165) is 0 Å². The Hall–Kier alpha value is -3.04. The van der Waals surface area contributed by atoms with Crippen molar-refractivity contribution in [2.75, 3.05) is 11.9 Å². The third kappa shape index (κ3) is 3.41. The van der Waals surface area contributed by atoms with Crippen molar-refractivity contribution in [1.82, 2.24) is 9.88 Å². The molecule has 6 nitrogen and oxygen atoms in total. The number of carbonyl (C=O) groups excluding carboxylic acids is 2. The highest BCUT2D eigenvalue weighted by atomic mass is 19.4. The number of hydrogen-bond acceptors (Lipinski definition) is 3. The first-order valence-electron chi connectivity index (χ1n) is 8.28. The van der Waals surface area contributed by atoms with E-state index in [2.05, 4.69) is 5.32 Å². The molecule has 0 bridgehead atoms. The van der Waals surface area contributed by atoms with Crippen molar-refractivity contribution in [3.63, 3.8) is 0 Å². The molecule has 1 aliphatic rings. The van der Waals surface area contributed by atoms with Crippen LogP contribution in [0.4, 0.5) is 23.2 Å². The van der Waals surface area contributed by atoms with E-state index in [9.17, 15) is 27.2 Å². The molecule has 1 aromatic heterocycles. The zero-order valence-electron chi connectivity index (χ0n) is 15.2. The number of benzene rings is 1. The van der Waals surface area contributed by atoms with Crippen LogP contribution in [0.25, 0.3) is 0 Å². The summed E-state index contributed by atoms with van der Waals surface area (Å²) in [5.41, 5.74) is 0.643. The van der Waals surface area contributed by atoms with E-state index in [1.807, 2.05) is 5.32 Å². The number of nitrogens with zero attached hydrogens (tertiary/aromatic N) is 1. The van der Waals surface area contributed by atoms with Gasteiger partial charge in [0.05, 0.1) is 0 Å². The van der Waals surface area contributed by atoms with Crippen LogP contribution in [0.2, 0.25) is 0 Å². The molecule has 2 N–H and O–H groups in total. The molecule has 3 rings (SSSR count). The van der Waals surface area contributed by atoms with Crippen LogP contribution in [0.1, 0.15) is 32.1 Å². The van der Waals surface area contributed by atoms with Gasteiger partial charge in [-0.25, -0.2) is 4.39 Å². The van der Waals surface area contributed by atoms with E-state index >= 15 is 0 Å². The molecular formula is C18H17F4N3O3. The highest BCUT2D eigenvalue weighted by Crippen LogP contribution is 2.34. The number of rotatable bonds is 2.